The molecule has 3 aromatic rings. The van der Waals surface area contributed by atoms with Crippen LogP contribution in [0.15, 0.2) is 54.6 Å². The minimum absolute atomic E-state index is 0.00186. The Bertz CT molecular complexity index is 1230. The van der Waals surface area contributed by atoms with Crippen LogP contribution in [0.1, 0.15) is 20.7 Å². The first-order valence-electron chi connectivity index (χ1n) is 9.39. The van der Waals surface area contributed by atoms with E-state index in [2.05, 4.69) is 0 Å². The van der Waals surface area contributed by atoms with Crippen LogP contribution in [-0.4, -0.2) is 32.4 Å². The highest BCUT2D eigenvalue weighted by atomic mass is 35.5. The maximum Gasteiger partial charge on any atom is 0.249 e. The molecule has 0 aliphatic heterocycles. The Morgan fingerprint density at radius 3 is 1.67 bits per heavy atom. The molecule has 33 heavy (non-hydrogen) atoms. The predicted octanol–water partition coefficient (Wildman–Crippen LogP) is 6.34. The Balaban J connectivity index is 2.34. The van der Waals surface area contributed by atoms with Gasteiger partial charge in [-0.15, -0.1) is 0 Å². The summed E-state index contributed by atoms with van der Waals surface area (Å²) in [5.74, 6) is 0.381. The quantitative estimate of drug-likeness (QED) is 0.318. The summed E-state index contributed by atoms with van der Waals surface area (Å²) in [6.45, 7) is 0. The maximum atomic E-state index is 14.5. The Kier molecular flexibility index (Phi) is 7.76. The number of carbonyl (C=O) groups excluding carboxylic acids is 2. The van der Waals surface area contributed by atoms with Gasteiger partial charge in [-0.1, -0.05) is 65.1 Å². The zero-order chi connectivity index (χ0) is 24.3. The molecule has 6 nitrogen and oxygen atoms in total. The van der Waals surface area contributed by atoms with Gasteiger partial charge in [0.05, 0.1) is 36.9 Å². The molecule has 0 aromatic heterocycles. The molecular weight excluding hydrogens is 510 g/mol. The molecule has 0 saturated heterocycles. The SMILES string of the molecule is COc1cc(OC)c(C(=O)P(=O)(C(=O)c2c(Cl)cc(Cl)cc2Cl)c2ccccc2)c(OC)c1. The number of hydrogen-bond donors (Lipinski definition) is 0. The number of hydrogen-bond acceptors (Lipinski definition) is 6. The number of halogens is 3. The molecule has 0 heterocycles. The van der Waals surface area contributed by atoms with Crippen LogP contribution in [0, 0.1) is 0 Å². The van der Waals surface area contributed by atoms with Gasteiger partial charge in [-0.05, 0) is 12.1 Å². The molecule has 0 aliphatic rings. The van der Waals surface area contributed by atoms with Gasteiger partial charge in [-0.25, -0.2) is 0 Å². The summed E-state index contributed by atoms with van der Waals surface area (Å²) in [5, 5.41) is -0.0758. The molecule has 172 valence electrons. The molecule has 0 amide bonds. The van der Waals surface area contributed by atoms with E-state index in [0.717, 1.165) is 0 Å². The lowest BCUT2D eigenvalue weighted by atomic mass is 10.2. The molecule has 1 atom stereocenters. The van der Waals surface area contributed by atoms with E-state index in [9.17, 15) is 14.2 Å². The first kappa shape index (κ1) is 25.1. The maximum absolute atomic E-state index is 14.5. The molecule has 0 spiro atoms. The second-order valence-corrected chi connectivity index (χ2v) is 10.5. The second kappa shape index (κ2) is 10.2. The lowest BCUT2D eigenvalue weighted by molar-refractivity contribution is 0.103. The third kappa shape index (κ3) is 4.62. The van der Waals surface area contributed by atoms with Crippen LogP contribution in [0.5, 0.6) is 17.2 Å². The van der Waals surface area contributed by atoms with E-state index < -0.39 is 18.2 Å². The van der Waals surface area contributed by atoms with Crippen LogP contribution in [0.25, 0.3) is 0 Å². The van der Waals surface area contributed by atoms with E-state index in [-0.39, 0.29) is 43.0 Å². The van der Waals surface area contributed by atoms with Crippen LogP contribution in [-0.2, 0) is 4.57 Å². The number of ether oxygens (including phenoxy) is 3. The highest BCUT2D eigenvalue weighted by Gasteiger charge is 2.46. The highest BCUT2D eigenvalue weighted by Crippen LogP contribution is 2.55. The van der Waals surface area contributed by atoms with Crippen molar-refractivity contribution < 1.29 is 28.4 Å². The Morgan fingerprint density at radius 1 is 0.727 bits per heavy atom. The van der Waals surface area contributed by atoms with Crippen LogP contribution in [0.3, 0.4) is 0 Å². The molecule has 3 rings (SSSR count). The number of methoxy groups -OCH3 is 3. The molecule has 0 fully saturated rings. The van der Waals surface area contributed by atoms with Crippen molar-refractivity contribution in [2.75, 3.05) is 21.3 Å². The molecule has 0 radical (unpaired) electrons. The smallest absolute Gasteiger partial charge is 0.249 e. The van der Waals surface area contributed by atoms with E-state index in [1.165, 1.54) is 57.7 Å². The van der Waals surface area contributed by atoms with Crippen LogP contribution >= 0.6 is 41.9 Å². The predicted molar refractivity (Wildman–Crippen MR) is 130 cm³/mol. The van der Waals surface area contributed by atoms with Crippen LogP contribution < -0.4 is 19.5 Å². The van der Waals surface area contributed by atoms with Crippen molar-refractivity contribution in [2.24, 2.45) is 0 Å². The molecule has 0 aliphatic carbocycles. The molecule has 0 N–H and O–H groups in total. The standard InChI is InChI=1S/C23H18Cl3O6P/c1-30-14-11-18(31-2)21(19(12-14)32-3)23(28)33(29,15-7-5-4-6-8-15)22(27)20-16(25)9-13(24)10-17(20)26/h4-12H,1-3H3. The minimum atomic E-state index is -4.56. The summed E-state index contributed by atoms with van der Waals surface area (Å²) in [7, 11) is -0.479. The van der Waals surface area contributed by atoms with Gasteiger partial charge in [0, 0.05) is 22.5 Å². The summed E-state index contributed by atoms with van der Waals surface area (Å²) in [4.78, 5) is 27.7. The first-order valence-corrected chi connectivity index (χ1v) is 12.2. The summed E-state index contributed by atoms with van der Waals surface area (Å²) < 4.78 is 30.4. The third-order valence-electron chi connectivity index (χ3n) is 4.84. The topological polar surface area (TPSA) is 78.9 Å². The third-order valence-corrected chi connectivity index (χ3v) is 8.27. The molecule has 10 heteroatoms. The van der Waals surface area contributed by atoms with Crippen molar-refractivity contribution in [2.45, 2.75) is 0 Å². The number of benzene rings is 3. The minimum Gasteiger partial charge on any atom is -0.496 e. The Hall–Kier alpha value is -2.50. The normalized spacial score (nSPS) is 12.5. The zero-order valence-corrected chi connectivity index (χ0v) is 20.9. The Morgan fingerprint density at radius 2 is 1.21 bits per heavy atom. The van der Waals surface area contributed by atoms with Crippen molar-refractivity contribution in [3.05, 3.63) is 80.8 Å². The summed E-state index contributed by atoms with van der Waals surface area (Å²) in [6.07, 6.45) is 0. The van der Waals surface area contributed by atoms with E-state index in [1.54, 1.807) is 18.2 Å². The zero-order valence-electron chi connectivity index (χ0n) is 17.7. The highest BCUT2D eigenvalue weighted by molar-refractivity contribution is 8.01. The van der Waals surface area contributed by atoms with Gasteiger partial charge < -0.3 is 18.8 Å². The van der Waals surface area contributed by atoms with Crippen LogP contribution in [0.4, 0.5) is 0 Å². The largest absolute Gasteiger partial charge is 0.496 e. The second-order valence-electron chi connectivity index (χ2n) is 6.71. The van der Waals surface area contributed by atoms with Gasteiger partial charge in [-0.3, -0.25) is 9.59 Å². The van der Waals surface area contributed by atoms with E-state index in [0.29, 0.717) is 5.75 Å². The van der Waals surface area contributed by atoms with Gasteiger partial charge in [0.1, 0.15) is 22.8 Å². The van der Waals surface area contributed by atoms with Gasteiger partial charge in [-0.2, -0.15) is 0 Å². The lowest BCUT2D eigenvalue weighted by Crippen LogP contribution is -2.22. The molecule has 0 saturated carbocycles. The van der Waals surface area contributed by atoms with E-state index in [1.807, 2.05) is 0 Å². The van der Waals surface area contributed by atoms with Gasteiger partial charge in [0.2, 0.25) is 18.2 Å². The van der Waals surface area contributed by atoms with Crippen molar-refractivity contribution >= 4 is 58.3 Å². The average molecular weight is 528 g/mol. The lowest BCUT2D eigenvalue weighted by Gasteiger charge is -2.21. The molecule has 0 bridgehead atoms. The monoisotopic (exact) mass is 526 g/mol. The van der Waals surface area contributed by atoms with Gasteiger partial charge in [0.25, 0.3) is 0 Å². The van der Waals surface area contributed by atoms with Crippen molar-refractivity contribution in [3.63, 3.8) is 0 Å². The van der Waals surface area contributed by atoms with Gasteiger partial charge in [0.15, 0.2) is 0 Å². The average Bonchev–Trinajstić information content (AvgIpc) is 2.81. The molecule has 1 unspecified atom stereocenters. The first-order chi connectivity index (χ1) is 15.7. The van der Waals surface area contributed by atoms with E-state index >= 15 is 0 Å². The summed E-state index contributed by atoms with van der Waals surface area (Å²) in [5.41, 5.74) is -2.49. The van der Waals surface area contributed by atoms with Crippen LogP contribution in [0.2, 0.25) is 15.1 Å². The fourth-order valence-corrected chi connectivity index (χ4v) is 6.70. The summed E-state index contributed by atoms with van der Waals surface area (Å²) >= 11 is 18.4. The van der Waals surface area contributed by atoms with E-state index in [4.69, 9.17) is 49.0 Å². The fraction of sp³-hybridized carbons (Fsp3) is 0.130. The summed E-state index contributed by atoms with van der Waals surface area (Å²) in [6, 6.07) is 13.1. The van der Waals surface area contributed by atoms with Crippen molar-refractivity contribution in [1.82, 2.24) is 0 Å². The van der Waals surface area contributed by atoms with Crippen molar-refractivity contribution in [3.8, 4) is 17.2 Å². The Labute approximate surface area is 205 Å². The number of carbonyl (C=O) groups is 2. The molecule has 3 aromatic carbocycles. The fourth-order valence-electron chi connectivity index (χ4n) is 3.24. The van der Waals surface area contributed by atoms with Gasteiger partial charge >= 0.3 is 0 Å². The molecular formula is C23H18Cl3O6P. The van der Waals surface area contributed by atoms with Crippen molar-refractivity contribution in [1.29, 1.82) is 0 Å². The number of rotatable bonds is 8.